The highest BCUT2D eigenvalue weighted by Crippen LogP contribution is 2.14. The lowest BCUT2D eigenvalue weighted by atomic mass is 9.94. The molecule has 2 aromatic rings. The second kappa shape index (κ2) is 6.22. The third-order valence-electron chi connectivity index (χ3n) is 2.23. The number of nitrogens with two attached hydrogens (primary N) is 1. The van der Waals surface area contributed by atoms with Crippen molar-refractivity contribution in [2.24, 2.45) is 0 Å². The standard InChI is InChI=1S/C6H2BF5.C6H7N/c7-1-2(8)4(10)6(12)5(11)3(1)9;7-6-4-2-1-3-5-6/h7H2;1-5H,7H2. The molecule has 2 rings (SSSR count). The first-order valence-corrected chi connectivity index (χ1v) is 5.14. The van der Waals surface area contributed by atoms with Crippen LogP contribution in [0.3, 0.4) is 0 Å². The molecule has 1 nitrogen and oxygen atoms in total. The SMILES string of the molecule is Bc1c(F)c(F)c(F)c(F)c1F.Nc1ccccc1. The zero-order valence-electron chi connectivity index (χ0n) is 9.85. The summed E-state index contributed by atoms with van der Waals surface area (Å²) >= 11 is 0. The van der Waals surface area contributed by atoms with E-state index in [2.05, 4.69) is 0 Å². The Kier molecular flexibility index (Phi) is 4.91. The van der Waals surface area contributed by atoms with Gasteiger partial charge in [-0.05, 0) is 17.6 Å². The van der Waals surface area contributed by atoms with Crippen LogP contribution in [0, 0.1) is 29.1 Å². The van der Waals surface area contributed by atoms with Gasteiger partial charge < -0.3 is 5.73 Å². The summed E-state index contributed by atoms with van der Waals surface area (Å²) in [5.74, 6) is -9.52. The molecule has 19 heavy (non-hydrogen) atoms. The van der Waals surface area contributed by atoms with Gasteiger partial charge in [0, 0.05) is 5.69 Å². The molecule has 100 valence electrons. The van der Waals surface area contributed by atoms with Gasteiger partial charge in [-0.1, -0.05) is 18.2 Å². The van der Waals surface area contributed by atoms with Crippen LogP contribution in [0.1, 0.15) is 0 Å². The van der Waals surface area contributed by atoms with E-state index in [0.717, 1.165) is 13.5 Å². The predicted molar refractivity (Wildman–Crippen MR) is 65.3 cm³/mol. The summed E-state index contributed by atoms with van der Waals surface area (Å²) in [6.45, 7) is 0. The Morgan fingerprint density at radius 1 is 0.684 bits per heavy atom. The predicted octanol–water partition coefficient (Wildman–Crippen LogP) is 1.91. The van der Waals surface area contributed by atoms with E-state index in [1.54, 1.807) is 0 Å². The minimum absolute atomic E-state index is 0.816. The van der Waals surface area contributed by atoms with Crippen LogP contribution < -0.4 is 11.2 Å². The van der Waals surface area contributed by atoms with E-state index in [1.165, 1.54) is 0 Å². The van der Waals surface area contributed by atoms with Gasteiger partial charge in [0.25, 0.3) is 0 Å². The quantitative estimate of drug-likeness (QED) is 0.256. The van der Waals surface area contributed by atoms with Gasteiger partial charge in [-0.2, -0.15) is 0 Å². The summed E-state index contributed by atoms with van der Waals surface area (Å²) in [6.07, 6.45) is 0. The average Bonchev–Trinajstić information content (AvgIpc) is 2.42. The number of anilines is 1. The third kappa shape index (κ3) is 3.46. The normalized spacial score (nSPS) is 9.74. The molecule has 0 aliphatic rings. The topological polar surface area (TPSA) is 26.0 Å². The van der Waals surface area contributed by atoms with Crippen LogP contribution in [0.15, 0.2) is 30.3 Å². The Balaban J connectivity index is 0.000000218. The molecule has 0 aliphatic heterocycles. The van der Waals surface area contributed by atoms with Gasteiger partial charge in [0.2, 0.25) is 0 Å². The molecular formula is C12H9BF5N. The van der Waals surface area contributed by atoms with Crippen LogP contribution >= 0.6 is 0 Å². The number of nitrogen functional groups attached to an aromatic ring is 1. The summed E-state index contributed by atoms with van der Waals surface area (Å²) in [5.41, 5.74) is 5.31. The lowest BCUT2D eigenvalue weighted by Gasteiger charge is -2.02. The molecule has 0 saturated heterocycles. The zero-order valence-corrected chi connectivity index (χ0v) is 9.85. The van der Waals surface area contributed by atoms with E-state index in [4.69, 9.17) is 5.73 Å². The third-order valence-corrected chi connectivity index (χ3v) is 2.23. The lowest BCUT2D eigenvalue weighted by molar-refractivity contribution is 0.384. The van der Waals surface area contributed by atoms with E-state index in [0.29, 0.717) is 0 Å². The van der Waals surface area contributed by atoms with Crippen molar-refractivity contribution < 1.29 is 22.0 Å². The second-order valence-corrected chi connectivity index (χ2v) is 3.61. The van der Waals surface area contributed by atoms with Gasteiger partial charge >= 0.3 is 0 Å². The molecule has 0 radical (unpaired) electrons. The maximum absolute atomic E-state index is 12.4. The Labute approximate surface area is 107 Å². The molecule has 0 heterocycles. The number of hydrogen-bond donors (Lipinski definition) is 1. The van der Waals surface area contributed by atoms with Crippen LogP contribution in [0.5, 0.6) is 0 Å². The van der Waals surface area contributed by atoms with E-state index in [1.807, 2.05) is 30.3 Å². The highest BCUT2D eigenvalue weighted by molar-refractivity contribution is 6.32. The van der Waals surface area contributed by atoms with Gasteiger partial charge in [-0.15, -0.1) is 0 Å². The van der Waals surface area contributed by atoms with Crippen LogP contribution in [0.4, 0.5) is 27.6 Å². The minimum atomic E-state index is -2.13. The number of hydrogen-bond acceptors (Lipinski definition) is 1. The molecule has 0 atom stereocenters. The van der Waals surface area contributed by atoms with Crippen LogP contribution in [0.25, 0.3) is 0 Å². The van der Waals surface area contributed by atoms with E-state index in [9.17, 15) is 22.0 Å². The minimum Gasteiger partial charge on any atom is -0.399 e. The van der Waals surface area contributed by atoms with Gasteiger partial charge in [-0.3, -0.25) is 0 Å². The van der Waals surface area contributed by atoms with E-state index in [-0.39, 0.29) is 0 Å². The fourth-order valence-corrected chi connectivity index (χ4v) is 1.17. The van der Waals surface area contributed by atoms with Crippen molar-refractivity contribution >= 4 is 19.0 Å². The fraction of sp³-hybridized carbons (Fsp3) is 0. The molecule has 0 aliphatic carbocycles. The number of benzene rings is 2. The fourth-order valence-electron chi connectivity index (χ4n) is 1.17. The van der Waals surface area contributed by atoms with Gasteiger partial charge in [0.15, 0.2) is 29.1 Å². The van der Waals surface area contributed by atoms with Crippen LogP contribution in [0.2, 0.25) is 0 Å². The average molecular weight is 273 g/mol. The van der Waals surface area contributed by atoms with Gasteiger partial charge in [0.05, 0.1) is 0 Å². The largest absolute Gasteiger partial charge is 0.399 e. The highest BCUT2D eigenvalue weighted by atomic mass is 19.2. The molecule has 2 aromatic carbocycles. The van der Waals surface area contributed by atoms with Crippen molar-refractivity contribution in [1.29, 1.82) is 0 Å². The molecule has 0 amide bonds. The number of rotatable bonds is 0. The summed E-state index contributed by atoms with van der Waals surface area (Å²) in [5, 5.41) is 0. The highest BCUT2D eigenvalue weighted by Gasteiger charge is 2.22. The molecule has 7 heteroatoms. The molecule has 0 aromatic heterocycles. The first-order valence-electron chi connectivity index (χ1n) is 5.14. The first kappa shape index (κ1) is 15.0. The van der Waals surface area contributed by atoms with E-state index >= 15 is 0 Å². The van der Waals surface area contributed by atoms with Crippen molar-refractivity contribution in [3.05, 3.63) is 59.4 Å². The van der Waals surface area contributed by atoms with E-state index < -0.39 is 34.5 Å². The first-order chi connectivity index (χ1) is 8.86. The van der Waals surface area contributed by atoms with Crippen molar-refractivity contribution in [3.8, 4) is 0 Å². The summed E-state index contributed by atoms with van der Waals surface area (Å²) < 4.78 is 61.6. The van der Waals surface area contributed by atoms with Crippen molar-refractivity contribution in [2.75, 3.05) is 5.73 Å². The van der Waals surface area contributed by atoms with Crippen molar-refractivity contribution in [1.82, 2.24) is 0 Å². The smallest absolute Gasteiger partial charge is 0.200 e. The Morgan fingerprint density at radius 3 is 1.37 bits per heavy atom. The monoisotopic (exact) mass is 273 g/mol. The van der Waals surface area contributed by atoms with Crippen molar-refractivity contribution in [2.45, 2.75) is 0 Å². The van der Waals surface area contributed by atoms with Gasteiger partial charge in [-0.25, -0.2) is 22.0 Å². The zero-order chi connectivity index (χ0) is 14.6. The maximum atomic E-state index is 12.4. The Bertz CT molecular complexity index is 469. The molecule has 0 bridgehead atoms. The second-order valence-electron chi connectivity index (χ2n) is 3.61. The lowest BCUT2D eigenvalue weighted by Crippen LogP contribution is -2.20. The summed E-state index contributed by atoms with van der Waals surface area (Å²) in [4.78, 5) is 0. The summed E-state index contributed by atoms with van der Waals surface area (Å²) in [6, 6.07) is 9.49. The number of para-hydroxylation sites is 1. The summed E-state index contributed by atoms with van der Waals surface area (Å²) in [7, 11) is 0.816. The Morgan fingerprint density at radius 2 is 1.05 bits per heavy atom. The maximum Gasteiger partial charge on any atom is 0.200 e. The molecular weight excluding hydrogens is 264 g/mol. The molecule has 0 saturated carbocycles. The molecule has 0 spiro atoms. The molecule has 2 N–H and O–H groups in total. The van der Waals surface area contributed by atoms with Crippen molar-refractivity contribution in [3.63, 3.8) is 0 Å². The van der Waals surface area contributed by atoms with Crippen LogP contribution in [-0.2, 0) is 0 Å². The van der Waals surface area contributed by atoms with Crippen LogP contribution in [-0.4, -0.2) is 7.85 Å². The molecule has 0 fully saturated rings. The van der Waals surface area contributed by atoms with Gasteiger partial charge in [0.1, 0.15) is 7.85 Å². The Hall–Kier alpha value is -2.05. The molecule has 0 unspecified atom stereocenters. The number of halogens is 5.